The summed E-state index contributed by atoms with van der Waals surface area (Å²) in [6, 6.07) is 0. The Morgan fingerprint density at radius 3 is 2.14 bits per heavy atom. The zero-order valence-corrected chi connectivity index (χ0v) is 4.52. The first-order chi connectivity index (χ1) is 3.18. The van der Waals surface area contributed by atoms with Gasteiger partial charge in [0.1, 0.15) is 0 Å². The van der Waals surface area contributed by atoms with E-state index in [1.807, 2.05) is 0 Å². The molecule has 4 heteroatoms. The molecule has 0 aliphatic heterocycles. The highest BCUT2D eigenvalue weighted by Crippen LogP contribution is 1.92. The van der Waals surface area contributed by atoms with Crippen LogP contribution in [-0.4, -0.2) is 23.0 Å². The Morgan fingerprint density at radius 1 is 1.71 bits per heavy atom. The van der Waals surface area contributed by atoms with Crippen LogP contribution >= 0.6 is 11.6 Å². The number of allylic oxidation sites excluding steroid dienone is 1. The van der Waals surface area contributed by atoms with Crippen LogP contribution in [0.2, 0.25) is 0 Å². The molecular formula is C3H6BClO2. The van der Waals surface area contributed by atoms with Gasteiger partial charge in [0.25, 0.3) is 0 Å². The van der Waals surface area contributed by atoms with E-state index in [1.165, 1.54) is 0 Å². The Morgan fingerprint density at radius 2 is 2.14 bits per heavy atom. The van der Waals surface area contributed by atoms with E-state index in [-0.39, 0.29) is 11.4 Å². The fourth-order valence-corrected chi connectivity index (χ4v) is 0.207. The molecule has 0 saturated carbocycles. The third-order valence-electron chi connectivity index (χ3n) is 0.537. The monoisotopic (exact) mass is 120 g/mol. The summed E-state index contributed by atoms with van der Waals surface area (Å²) in [6.07, 6.45) is 0. The van der Waals surface area contributed by atoms with Crippen molar-refractivity contribution in [3.05, 3.63) is 12.1 Å². The molecule has 0 aromatic rings. The van der Waals surface area contributed by atoms with Crippen molar-refractivity contribution < 1.29 is 10.0 Å². The SMILES string of the molecule is C=C(CCl)B(O)O. The van der Waals surface area contributed by atoms with Crippen LogP contribution in [0.3, 0.4) is 0 Å². The fourth-order valence-electron chi connectivity index (χ4n) is 0.0690. The van der Waals surface area contributed by atoms with Crippen molar-refractivity contribution in [2.75, 3.05) is 5.88 Å². The summed E-state index contributed by atoms with van der Waals surface area (Å²) in [5, 5.41) is 16.4. The van der Waals surface area contributed by atoms with E-state index in [0.29, 0.717) is 0 Å². The standard InChI is InChI=1S/C3H6BClO2/c1-3(2-5)4(6)7/h6-7H,1-2H2. The molecule has 7 heavy (non-hydrogen) atoms. The molecule has 0 aromatic heterocycles. The summed E-state index contributed by atoms with van der Waals surface area (Å²) in [5.41, 5.74) is 0.224. The Bertz CT molecular complexity index is 73.3. The number of hydrogen-bond acceptors (Lipinski definition) is 2. The van der Waals surface area contributed by atoms with Gasteiger partial charge in [0.05, 0.1) is 0 Å². The average molecular weight is 120 g/mol. The lowest BCUT2D eigenvalue weighted by Gasteiger charge is -1.93. The van der Waals surface area contributed by atoms with Crippen molar-refractivity contribution in [1.82, 2.24) is 0 Å². The van der Waals surface area contributed by atoms with Gasteiger partial charge in [-0.3, -0.25) is 0 Å². The molecule has 2 N–H and O–H groups in total. The molecular weight excluding hydrogens is 114 g/mol. The highest BCUT2D eigenvalue weighted by molar-refractivity contribution is 6.52. The van der Waals surface area contributed by atoms with Crippen molar-refractivity contribution in [2.45, 2.75) is 0 Å². The van der Waals surface area contributed by atoms with E-state index in [4.69, 9.17) is 21.6 Å². The third-order valence-corrected chi connectivity index (χ3v) is 0.880. The van der Waals surface area contributed by atoms with Crippen LogP contribution in [-0.2, 0) is 0 Å². The van der Waals surface area contributed by atoms with Crippen LogP contribution < -0.4 is 0 Å². The molecule has 0 aromatic carbocycles. The molecule has 0 heterocycles. The number of halogens is 1. The zero-order chi connectivity index (χ0) is 5.86. The number of alkyl halides is 1. The predicted octanol–water partition coefficient (Wildman–Crippen LogP) is -0.207. The summed E-state index contributed by atoms with van der Waals surface area (Å²) in [7, 11) is -1.46. The van der Waals surface area contributed by atoms with E-state index < -0.39 is 7.12 Å². The minimum atomic E-state index is -1.46. The summed E-state index contributed by atoms with van der Waals surface area (Å²) in [4.78, 5) is 0. The highest BCUT2D eigenvalue weighted by Gasteiger charge is 2.08. The van der Waals surface area contributed by atoms with Gasteiger partial charge in [0.2, 0.25) is 0 Å². The molecule has 0 unspecified atom stereocenters. The molecule has 2 nitrogen and oxygen atoms in total. The highest BCUT2D eigenvalue weighted by atomic mass is 35.5. The van der Waals surface area contributed by atoms with E-state index in [1.54, 1.807) is 0 Å². The van der Waals surface area contributed by atoms with E-state index in [2.05, 4.69) is 6.58 Å². The van der Waals surface area contributed by atoms with Gasteiger partial charge in [0, 0.05) is 5.88 Å². The van der Waals surface area contributed by atoms with E-state index in [9.17, 15) is 0 Å². The van der Waals surface area contributed by atoms with Crippen molar-refractivity contribution in [3.63, 3.8) is 0 Å². The van der Waals surface area contributed by atoms with Crippen LogP contribution in [0, 0.1) is 0 Å². The molecule has 0 bridgehead atoms. The maximum absolute atomic E-state index is 8.19. The molecule has 0 aliphatic carbocycles. The van der Waals surface area contributed by atoms with Crippen molar-refractivity contribution in [2.24, 2.45) is 0 Å². The smallest absolute Gasteiger partial charge is 0.423 e. The molecule has 0 amide bonds. The van der Waals surface area contributed by atoms with Gasteiger partial charge in [0.15, 0.2) is 0 Å². The predicted molar refractivity (Wildman–Crippen MR) is 30.1 cm³/mol. The minimum absolute atomic E-state index is 0.0949. The van der Waals surface area contributed by atoms with Gasteiger partial charge in [-0.2, -0.15) is 0 Å². The van der Waals surface area contributed by atoms with Gasteiger partial charge in [-0.15, -0.1) is 18.2 Å². The summed E-state index contributed by atoms with van der Waals surface area (Å²) < 4.78 is 0. The largest absolute Gasteiger partial charge is 0.484 e. The Kier molecular flexibility index (Phi) is 3.08. The van der Waals surface area contributed by atoms with E-state index >= 15 is 0 Å². The first kappa shape index (κ1) is 7.01. The van der Waals surface area contributed by atoms with Crippen LogP contribution in [0.5, 0.6) is 0 Å². The normalized spacial score (nSPS) is 8.43. The molecule has 0 fully saturated rings. The first-order valence-corrected chi connectivity index (χ1v) is 2.31. The lowest BCUT2D eigenvalue weighted by atomic mass is 9.82. The van der Waals surface area contributed by atoms with Gasteiger partial charge < -0.3 is 10.0 Å². The third kappa shape index (κ3) is 2.68. The second kappa shape index (κ2) is 3.07. The lowest BCUT2D eigenvalue weighted by molar-refractivity contribution is 0.419. The quantitative estimate of drug-likeness (QED) is 0.391. The average Bonchev–Trinajstić information content (AvgIpc) is 1.65. The maximum Gasteiger partial charge on any atom is 0.484 e. The summed E-state index contributed by atoms with van der Waals surface area (Å²) >= 11 is 5.13. The summed E-state index contributed by atoms with van der Waals surface area (Å²) in [6.45, 7) is 3.24. The number of hydrogen-bond donors (Lipinski definition) is 2. The Balaban J connectivity index is 3.35. The topological polar surface area (TPSA) is 40.5 Å². The number of rotatable bonds is 2. The molecule has 0 atom stereocenters. The molecule has 0 radical (unpaired) electrons. The zero-order valence-electron chi connectivity index (χ0n) is 3.76. The van der Waals surface area contributed by atoms with Gasteiger partial charge in [-0.05, 0) is 5.47 Å². The molecule has 40 valence electrons. The van der Waals surface area contributed by atoms with Gasteiger partial charge >= 0.3 is 7.12 Å². The molecule has 0 aliphatic rings. The molecule has 0 spiro atoms. The van der Waals surface area contributed by atoms with Gasteiger partial charge in [-0.25, -0.2) is 0 Å². The van der Waals surface area contributed by atoms with Crippen LogP contribution in [0.4, 0.5) is 0 Å². The Hall–Kier alpha value is 0.0149. The van der Waals surface area contributed by atoms with Crippen LogP contribution in [0.15, 0.2) is 12.1 Å². The molecule has 0 saturated heterocycles. The molecule has 0 rings (SSSR count). The second-order valence-corrected chi connectivity index (χ2v) is 1.43. The van der Waals surface area contributed by atoms with Crippen LogP contribution in [0.1, 0.15) is 0 Å². The maximum atomic E-state index is 8.19. The van der Waals surface area contributed by atoms with E-state index in [0.717, 1.165) is 0 Å². The van der Waals surface area contributed by atoms with Crippen molar-refractivity contribution in [3.8, 4) is 0 Å². The van der Waals surface area contributed by atoms with Gasteiger partial charge in [-0.1, -0.05) is 0 Å². The summed E-state index contributed by atoms with van der Waals surface area (Å²) in [5.74, 6) is 0.0949. The fraction of sp³-hybridized carbons (Fsp3) is 0.333. The van der Waals surface area contributed by atoms with Crippen molar-refractivity contribution >= 4 is 18.7 Å². The Labute approximate surface area is 47.6 Å². The lowest BCUT2D eigenvalue weighted by Crippen LogP contribution is -2.14. The van der Waals surface area contributed by atoms with Crippen molar-refractivity contribution in [1.29, 1.82) is 0 Å². The first-order valence-electron chi connectivity index (χ1n) is 1.78. The minimum Gasteiger partial charge on any atom is -0.423 e. The van der Waals surface area contributed by atoms with Crippen LogP contribution in [0.25, 0.3) is 0 Å². The second-order valence-electron chi connectivity index (χ2n) is 1.17.